The highest BCUT2D eigenvalue weighted by Crippen LogP contribution is 2.31. The molecule has 0 amide bonds. The lowest BCUT2D eigenvalue weighted by molar-refractivity contribution is 0.143. The van der Waals surface area contributed by atoms with Gasteiger partial charge in [0.1, 0.15) is 5.82 Å². The number of rotatable bonds is 5. The average Bonchev–Trinajstić information content (AvgIpc) is 2.79. The standard InChI is InChI=1S/C17H22ClN3O3/c1-4-8-11(3)20-16(22)14(12-9-6-7-10-13(12)18)15(19)21(20)17(23)24-5-2/h6-7,9-11H,4-5,8,19H2,1-3H3. The summed E-state index contributed by atoms with van der Waals surface area (Å²) in [6.45, 7) is 5.77. The van der Waals surface area contributed by atoms with Gasteiger partial charge in [0.05, 0.1) is 18.2 Å². The Bertz CT molecular complexity index is 795. The van der Waals surface area contributed by atoms with Crippen LogP contribution in [0.15, 0.2) is 29.1 Å². The molecule has 0 aliphatic rings. The summed E-state index contributed by atoms with van der Waals surface area (Å²) in [6, 6.07) is 6.71. The number of ether oxygens (including phenoxy) is 1. The molecule has 0 saturated heterocycles. The van der Waals surface area contributed by atoms with E-state index >= 15 is 0 Å². The Morgan fingerprint density at radius 2 is 2.00 bits per heavy atom. The zero-order valence-electron chi connectivity index (χ0n) is 14.1. The van der Waals surface area contributed by atoms with Crippen LogP contribution in [0.1, 0.15) is 39.7 Å². The predicted octanol–water partition coefficient (Wildman–Crippen LogP) is 3.92. The number of carbonyl (C=O) groups excluding carboxylic acids is 1. The summed E-state index contributed by atoms with van der Waals surface area (Å²) in [5.41, 5.74) is 6.52. The van der Waals surface area contributed by atoms with Gasteiger partial charge in [0.15, 0.2) is 0 Å². The van der Waals surface area contributed by atoms with Crippen LogP contribution in [0, 0.1) is 0 Å². The Hall–Kier alpha value is -2.21. The van der Waals surface area contributed by atoms with Crippen LogP contribution in [0.3, 0.4) is 0 Å². The van der Waals surface area contributed by atoms with Crippen LogP contribution in [-0.4, -0.2) is 22.1 Å². The molecule has 1 unspecified atom stereocenters. The second-order valence-electron chi connectivity index (χ2n) is 5.54. The van der Waals surface area contributed by atoms with E-state index in [1.807, 2.05) is 13.8 Å². The topological polar surface area (TPSA) is 79.2 Å². The van der Waals surface area contributed by atoms with Crippen molar-refractivity contribution in [1.82, 2.24) is 9.36 Å². The fourth-order valence-corrected chi connectivity index (χ4v) is 2.99. The van der Waals surface area contributed by atoms with Crippen molar-refractivity contribution in [2.24, 2.45) is 0 Å². The van der Waals surface area contributed by atoms with Gasteiger partial charge >= 0.3 is 6.09 Å². The van der Waals surface area contributed by atoms with Crippen molar-refractivity contribution in [3.8, 4) is 11.1 Å². The fraction of sp³-hybridized carbons (Fsp3) is 0.412. The molecule has 130 valence electrons. The normalized spacial score (nSPS) is 12.2. The van der Waals surface area contributed by atoms with Crippen LogP contribution < -0.4 is 11.3 Å². The Kier molecular flexibility index (Phi) is 5.72. The number of nitrogen functional groups attached to an aromatic ring is 1. The molecule has 24 heavy (non-hydrogen) atoms. The van der Waals surface area contributed by atoms with Gasteiger partial charge in [-0.05, 0) is 26.3 Å². The van der Waals surface area contributed by atoms with Gasteiger partial charge < -0.3 is 10.5 Å². The van der Waals surface area contributed by atoms with E-state index in [2.05, 4.69) is 0 Å². The second-order valence-corrected chi connectivity index (χ2v) is 5.95. The molecule has 2 N–H and O–H groups in total. The Balaban J connectivity index is 2.75. The minimum Gasteiger partial charge on any atom is -0.448 e. The maximum atomic E-state index is 13.0. The van der Waals surface area contributed by atoms with Crippen LogP contribution in [-0.2, 0) is 4.74 Å². The molecule has 0 aliphatic heterocycles. The Labute approximate surface area is 145 Å². The zero-order chi connectivity index (χ0) is 17.9. The number of anilines is 1. The first-order valence-corrected chi connectivity index (χ1v) is 8.36. The molecule has 0 saturated carbocycles. The van der Waals surface area contributed by atoms with E-state index in [1.165, 1.54) is 4.68 Å². The molecule has 2 rings (SSSR count). The van der Waals surface area contributed by atoms with E-state index in [0.717, 1.165) is 17.5 Å². The number of aromatic nitrogens is 2. The van der Waals surface area contributed by atoms with Gasteiger partial charge in [-0.1, -0.05) is 43.1 Å². The van der Waals surface area contributed by atoms with Crippen molar-refractivity contribution in [3.05, 3.63) is 39.6 Å². The Morgan fingerprint density at radius 1 is 1.33 bits per heavy atom. The molecule has 1 aromatic heterocycles. The zero-order valence-corrected chi connectivity index (χ0v) is 14.8. The van der Waals surface area contributed by atoms with Crippen molar-refractivity contribution in [2.75, 3.05) is 12.3 Å². The number of halogens is 1. The van der Waals surface area contributed by atoms with Gasteiger partial charge in [-0.15, -0.1) is 0 Å². The van der Waals surface area contributed by atoms with Crippen LogP contribution in [0.4, 0.5) is 10.6 Å². The summed E-state index contributed by atoms with van der Waals surface area (Å²) in [5.74, 6) is 0.0366. The SMILES string of the molecule is CCCC(C)n1c(=O)c(-c2ccccc2Cl)c(N)n1C(=O)OCC. The maximum Gasteiger partial charge on any atom is 0.435 e. The molecule has 7 heteroatoms. The van der Waals surface area contributed by atoms with E-state index in [9.17, 15) is 9.59 Å². The quantitative estimate of drug-likeness (QED) is 0.885. The van der Waals surface area contributed by atoms with Crippen molar-refractivity contribution >= 4 is 23.5 Å². The van der Waals surface area contributed by atoms with Gasteiger partial charge in [-0.2, -0.15) is 4.68 Å². The lowest BCUT2D eigenvalue weighted by Gasteiger charge is -2.16. The lowest BCUT2D eigenvalue weighted by atomic mass is 10.1. The molecule has 6 nitrogen and oxygen atoms in total. The van der Waals surface area contributed by atoms with Gasteiger partial charge in [0.25, 0.3) is 5.56 Å². The van der Waals surface area contributed by atoms with Gasteiger partial charge in [0.2, 0.25) is 0 Å². The molecule has 1 aromatic carbocycles. The first-order chi connectivity index (χ1) is 11.4. The van der Waals surface area contributed by atoms with E-state index in [0.29, 0.717) is 10.6 Å². The molecule has 1 heterocycles. The maximum absolute atomic E-state index is 13.0. The summed E-state index contributed by atoms with van der Waals surface area (Å²) < 4.78 is 7.54. The molecule has 0 radical (unpaired) electrons. The third-order valence-electron chi connectivity index (χ3n) is 3.83. The monoisotopic (exact) mass is 351 g/mol. The molecule has 0 spiro atoms. The van der Waals surface area contributed by atoms with Gasteiger partial charge in [0, 0.05) is 10.6 Å². The van der Waals surface area contributed by atoms with E-state index in [4.69, 9.17) is 22.1 Å². The van der Waals surface area contributed by atoms with Crippen LogP contribution >= 0.6 is 11.6 Å². The molecule has 2 aromatic rings. The number of hydrogen-bond acceptors (Lipinski definition) is 4. The fourth-order valence-electron chi connectivity index (χ4n) is 2.76. The number of nitrogens with two attached hydrogens (primary N) is 1. The first kappa shape index (κ1) is 18.1. The minimum atomic E-state index is -0.673. The third kappa shape index (κ3) is 3.19. The number of carbonyl (C=O) groups is 1. The molecular formula is C17H22ClN3O3. The minimum absolute atomic E-state index is 0.0366. The summed E-state index contributed by atoms with van der Waals surface area (Å²) in [7, 11) is 0. The van der Waals surface area contributed by atoms with Crippen molar-refractivity contribution in [3.63, 3.8) is 0 Å². The summed E-state index contributed by atoms with van der Waals surface area (Å²) in [6.07, 6.45) is 0.918. The van der Waals surface area contributed by atoms with Crippen molar-refractivity contribution < 1.29 is 9.53 Å². The number of nitrogens with zero attached hydrogens (tertiary/aromatic N) is 2. The average molecular weight is 352 g/mol. The first-order valence-electron chi connectivity index (χ1n) is 7.98. The summed E-state index contributed by atoms with van der Waals surface area (Å²) >= 11 is 6.22. The largest absolute Gasteiger partial charge is 0.448 e. The van der Waals surface area contributed by atoms with Gasteiger partial charge in [-0.3, -0.25) is 4.79 Å². The molecule has 1 atom stereocenters. The van der Waals surface area contributed by atoms with Crippen molar-refractivity contribution in [2.45, 2.75) is 39.7 Å². The van der Waals surface area contributed by atoms with Crippen LogP contribution in [0.25, 0.3) is 11.1 Å². The molecule has 0 bridgehead atoms. The highest BCUT2D eigenvalue weighted by Gasteiger charge is 2.27. The lowest BCUT2D eigenvalue weighted by Crippen LogP contribution is -2.31. The molecule has 0 aliphatic carbocycles. The summed E-state index contributed by atoms with van der Waals surface area (Å²) in [4.78, 5) is 25.3. The van der Waals surface area contributed by atoms with Gasteiger partial charge in [-0.25, -0.2) is 9.48 Å². The number of hydrogen-bond donors (Lipinski definition) is 1. The molecular weight excluding hydrogens is 330 g/mol. The molecule has 0 fully saturated rings. The van der Waals surface area contributed by atoms with Crippen LogP contribution in [0.5, 0.6) is 0 Å². The number of benzene rings is 1. The van der Waals surface area contributed by atoms with E-state index < -0.39 is 6.09 Å². The highest BCUT2D eigenvalue weighted by molar-refractivity contribution is 6.33. The second kappa shape index (κ2) is 7.57. The van der Waals surface area contributed by atoms with Crippen molar-refractivity contribution in [1.29, 1.82) is 0 Å². The summed E-state index contributed by atoms with van der Waals surface area (Å²) in [5, 5.41) is 0.401. The smallest absolute Gasteiger partial charge is 0.435 e. The predicted molar refractivity (Wildman–Crippen MR) is 95.6 cm³/mol. The highest BCUT2D eigenvalue weighted by atomic mass is 35.5. The van der Waals surface area contributed by atoms with E-state index in [-0.39, 0.29) is 29.6 Å². The Morgan fingerprint density at radius 3 is 2.58 bits per heavy atom. The third-order valence-corrected chi connectivity index (χ3v) is 4.16. The van der Waals surface area contributed by atoms with E-state index in [1.54, 1.807) is 31.2 Å². The van der Waals surface area contributed by atoms with Crippen LogP contribution in [0.2, 0.25) is 5.02 Å².